The Bertz CT molecular complexity index is 680. The van der Waals surface area contributed by atoms with E-state index >= 15 is 0 Å². The highest BCUT2D eigenvalue weighted by Gasteiger charge is 2.33. The predicted octanol–water partition coefficient (Wildman–Crippen LogP) is 3.01. The topological polar surface area (TPSA) is 80.9 Å². The molecule has 0 atom stereocenters. The fourth-order valence-corrected chi connectivity index (χ4v) is 1.73. The maximum atomic E-state index is 13.7. The number of hydrogen-bond donors (Lipinski definition) is 4. The summed E-state index contributed by atoms with van der Waals surface area (Å²) in [6, 6.07) is 0. The van der Waals surface area contributed by atoms with Crippen LogP contribution in [0.1, 0.15) is 0 Å². The van der Waals surface area contributed by atoms with Crippen LogP contribution in [0.3, 0.4) is 0 Å². The van der Waals surface area contributed by atoms with Crippen molar-refractivity contribution in [3.05, 3.63) is 34.9 Å². The summed E-state index contributed by atoms with van der Waals surface area (Å²) in [4.78, 5) is 0. The van der Waals surface area contributed by atoms with Gasteiger partial charge >= 0.3 is 0 Å². The largest absolute Gasteiger partial charge is 0.504 e. The zero-order valence-electron chi connectivity index (χ0n) is 10.1. The summed E-state index contributed by atoms with van der Waals surface area (Å²) in [7, 11) is 0. The summed E-state index contributed by atoms with van der Waals surface area (Å²) in [6.45, 7) is 0. The third-order valence-electron chi connectivity index (χ3n) is 2.80. The number of benzene rings is 2. The first-order chi connectivity index (χ1) is 10.1. The Kier molecular flexibility index (Phi) is 3.47. The van der Waals surface area contributed by atoms with Gasteiger partial charge in [0, 0.05) is 0 Å². The molecule has 0 aliphatic carbocycles. The molecule has 0 bridgehead atoms. The maximum Gasteiger partial charge on any atom is 0.210 e. The molecule has 0 saturated carbocycles. The van der Waals surface area contributed by atoms with Crippen LogP contribution in [0, 0.1) is 34.9 Å². The van der Waals surface area contributed by atoms with Crippen LogP contribution in [-0.4, -0.2) is 20.4 Å². The van der Waals surface area contributed by atoms with Crippen molar-refractivity contribution in [2.24, 2.45) is 0 Å². The molecular formula is C12H4F6O4. The van der Waals surface area contributed by atoms with Crippen molar-refractivity contribution in [3.8, 4) is 34.1 Å². The van der Waals surface area contributed by atoms with Crippen LogP contribution < -0.4 is 0 Å². The monoisotopic (exact) mass is 326 g/mol. The summed E-state index contributed by atoms with van der Waals surface area (Å²) in [5, 5.41) is 36.6. The van der Waals surface area contributed by atoms with E-state index in [1.165, 1.54) is 0 Å². The van der Waals surface area contributed by atoms with E-state index in [9.17, 15) is 36.6 Å². The molecule has 2 aromatic rings. The number of aromatic hydroxyl groups is 4. The van der Waals surface area contributed by atoms with Crippen molar-refractivity contribution in [2.75, 3.05) is 0 Å². The van der Waals surface area contributed by atoms with Crippen LogP contribution in [0.2, 0.25) is 0 Å². The average Bonchev–Trinajstić information content (AvgIpc) is 2.50. The van der Waals surface area contributed by atoms with Gasteiger partial charge in [0.25, 0.3) is 0 Å². The fourth-order valence-electron chi connectivity index (χ4n) is 1.73. The van der Waals surface area contributed by atoms with Gasteiger partial charge in [-0.3, -0.25) is 0 Å². The number of halogens is 6. The van der Waals surface area contributed by atoms with Crippen molar-refractivity contribution >= 4 is 0 Å². The lowest BCUT2D eigenvalue weighted by Gasteiger charge is -2.13. The molecule has 10 heteroatoms. The summed E-state index contributed by atoms with van der Waals surface area (Å²) >= 11 is 0. The molecule has 0 heterocycles. The molecule has 22 heavy (non-hydrogen) atoms. The van der Waals surface area contributed by atoms with Crippen molar-refractivity contribution in [2.45, 2.75) is 0 Å². The first kappa shape index (κ1) is 15.6. The van der Waals surface area contributed by atoms with Crippen molar-refractivity contribution in [3.63, 3.8) is 0 Å². The molecule has 4 N–H and O–H groups in total. The zero-order chi connectivity index (χ0) is 16.9. The van der Waals surface area contributed by atoms with Crippen LogP contribution in [0.25, 0.3) is 11.1 Å². The minimum absolute atomic E-state index is 1.73. The molecule has 2 rings (SSSR count). The van der Waals surface area contributed by atoms with E-state index in [2.05, 4.69) is 0 Å². The molecule has 0 aliphatic rings. The Morgan fingerprint density at radius 1 is 0.364 bits per heavy atom. The third kappa shape index (κ3) is 1.87. The van der Waals surface area contributed by atoms with Crippen molar-refractivity contribution < 1.29 is 46.8 Å². The van der Waals surface area contributed by atoms with E-state index in [4.69, 9.17) is 10.2 Å². The molecule has 0 aromatic heterocycles. The summed E-state index contributed by atoms with van der Waals surface area (Å²) in [5.74, 6) is -21.2. The molecule has 0 amide bonds. The first-order valence-corrected chi connectivity index (χ1v) is 5.28. The van der Waals surface area contributed by atoms with Crippen LogP contribution in [-0.2, 0) is 0 Å². The second-order valence-electron chi connectivity index (χ2n) is 4.03. The van der Waals surface area contributed by atoms with Gasteiger partial charge in [-0.25, -0.2) is 13.2 Å². The number of hydrogen-bond acceptors (Lipinski definition) is 4. The molecule has 0 unspecified atom stereocenters. The SMILES string of the molecule is Oc1c(O)c(-c2c(O)c(F)c(O)c(F)c2F)c(F)c(F)c1F. The highest BCUT2D eigenvalue weighted by molar-refractivity contribution is 5.80. The van der Waals surface area contributed by atoms with E-state index in [0.717, 1.165) is 0 Å². The lowest BCUT2D eigenvalue weighted by atomic mass is 10.00. The fraction of sp³-hybridized carbons (Fsp3) is 0. The summed E-state index contributed by atoms with van der Waals surface area (Å²) in [6.07, 6.45) is 0. The Labute approximate surface area is 117 Å². The van der Waals surface area contributed by atoms with Crippen molar-refractivity contribution in [1.82, 2.24) is 0 Å². The Balaban J connectivity index is 3.03. The van der Waals surface area contributed by atoms with Crippen LogP contribution >= 0.6 is 0 Å². The van der Waals surface area contributed by atoms with E-state index in [-0.39, 0.29) is 0 Å². The minimum atomic E-state index is -2.39. The molecule has 118 valence electrons. The quantitative estimate of drug-likeness (QED) is 0.281. The van der Waals surface area contributed by atoms with Gasteiger partial charge in [-0.2, -0.15) is 13.2 Å². The van der Waals surface area contributed by atoms with Gasteiger partial charge in [-0.15, -0.1) is 0 Å². The number of phenols is 4. The van der Waals surface area contributed by atoms with E-state index in [0.29, 0.717) is 0 Å². The van der Waals surface area contributed by atoms with Gasteiger partial charge in [0.1, 0.15) is 0 Å². The maximum absolute atomic E-state index is 13.7. The average molecular weight is 326 g/mol. The van der Waals surface area contributed by atoms with Crippen LogP contribution in [0.5, 0.6) is 23.0 Å². The molecule has 0 fully saturated rings. The molecule has 2 aromatic carbocycles. The Hall–Kier alpha value is -2.78. The third-order valence-corrected chi connectivity index (χ3v) is 2.80. The Morgan fingerprint density at radius 2 is 0.773 bits per heavy atom. The van der Waals surface area contributed by atoms with Gasteiger partial charge in [0.15, 0.2) is 40.4 Å². The highest BCUT2D eigenvalue weighted by Crippen LogP contribution is 2.48. The highest BCUT2D eigenvalue weighted by atomic mass is 19.2. The van der Waals surface area contributed by atoms with Gasteiger partial charge in [-0.05, 0) is 0 Å². The van der Waals surface area contributed by atoms with Crippen LogP contribution in [0.4, 0.5) is 26.3 Å². The molecule has 0 aliphatic heterocycles. The molecule has 4 nitrogen and oxygen atoms in total. The normalized spacial score (nSPS) is 11.0. The lowest BCUT2D eigenvalue weighted by Crippen LogP contribution is -2.01. The first-order valence-electron chi connectivity index (χ1n) is 5.28. The second kappa shape index (κ2) is 4.90. The lowest BCUT2D eigenvalue weighted by molar-refractivity contribution is 0.344. The standard InChI is InChI=1S/C12H4F6O4/c13-3-2(10(20)12(22)7(17)5(3)15)1-4(14)6(16)11(21)8(18)9(1)19/h19-22H. The molecule has 0 radical (unpaired) electrons. The van der Waals surface area contributed by atoms with Gasteiger partial charge in [0.05, 0.1) is 11.1 Å². The predicted molar refractivity (Wildman–Crippen MR) is 58.3 cm³/mol. The summed E-state index contributed by atoms with van der Waals surface area (Å²) < 4.78 is 80.1. The number of rotatable bonds is 1. The van der Waals surface area contributed by atoms with E-state index < -0.39 is 69.0 Å². The van der Waals surface area contributed by atoms with Gasteiger partial charge in [-0.1, -0.05) is 0 Å². The van der Waals surface area contributed by atoms with Crippen molar-refractivity contribution in [1.29, 1.82) is 0 Å². The Morgan fingerprint density at radius 3 is 1.32 bits per heavy atom. The van der Waals surface area contributed by atoms with Crippen LogP contribution in [0.15, 0.2) is 0 Å². The van der Waals surface area contributed by atoms with E-state index in [1.807, 2.05) is 0 Å². The second-order valence-corrected chi connectivity index (χ2v) is 4.03. The zero-order valence-corrected chi connectivity index (χ0v) is 10.1. The minimum Gasteiger partial charge on any atom is -0.504 e. The summed E-state index contributed by atoms with van der Waals surface area (Å²) in [5.41, 5.74) is -3.49. The molecular weight excluding hydrogens is 322 g/mol. The smallest absolute Gasteiger partial charge is 0.210 e. The molecule has 0 spiro atoms. The van der Waals surface area contributed by atoms with Gasteiger partial charge < -0.3 is 20.4 Å². The van der Waals surface area contributed by atoms with E-state index in [1.54, 1.807) is 0 Å². The molecule has 0 saturated heterocycles. The number of phenolic OH excluding ortho intramolecular Hbond substituents is 4. The van der Waals surface area contributed by atoms with Gasteiger partial charge in [0.2, 0.25) is 17.5 Å².